The van der Waals surface area contributed by atoms with Crippen LogP contribution < -0.4 is 10.6 Å². The first-order valence-corrected chi connectivity index (χ1v) is 21.8. The average molecular weight is 785 g/mol. The van der Waals surface area contributed by atoms with Crippen LogP contribution in [0.4, 0.5) is 4.79 Å². The molecule has 298 valence electrons. The van der Waals surface area contributed by atoms with Gasteiger partial charge in [-0.1, -0.05) is 65.5 Å². The first-order valence-electron chi connectivity index (χ1n) is 19.5. The van der Waals surface area contributed by atoms with Gasteiger partial charge in [0.05, 0.1) is 6.04 Å². The molecule has 13 heteroatoms. The fourth-order valence-electron chi connectivity index (χ4n) is 8.61. The zero-order valence-corrected chi connectivity index (χ0v) is 34.4. The Morgan fingerprint density at radius 3 is 2.44 bits per heavy atom. The van der Waals surface area contributed by atoms with Crippen LogP contribution in [-0.2, 0) is 29.2 Å². The molecule has 11 nitrogen and oxygen atoms in total. The van der Waals surface area contributed by atoms with Crippen LogP contribution in [0.25, 0.3) is 0 Å². The first kappa shape index (κ1) is 43.4. The molecule has 1 aromatic rings. The largest absolute Gasteiger partial charge is 0.334 e. The lowest BCUT2D eigenvalue weighted by atomic mass is 9.70. The Kier molecular flexibility index (Phi) is 14.9. The van der Waals surface area contributed by atoms with E-state index in [9.17, 15) is 32.4 Å². The third kappa shape index (κ3) is 10.3. The van der Waals surface area contributed by atoms with E-state index in [2.05, 4.69) is 23.1 Å². The van der Waals surface area contributed by atoms with E-state index in [0.29, 0.717) is 25.8 Å². The molecule has 54 heavy (non-hydrogen) atoms. The Balaban J connectivity index is 1.60. The van der Waals surface area contributed by atoms with Crippen LogP contribution in [0.5, 0.6) is 0 Å². The van der Waals surface area contributed by atoms with E-state index < -0.39 is 62.5 Å². The van der Waals surface area contributed by atoms with Crippen LogP contribution in [-0.4, -0.2) is 85.2 Å². The summed E-state index contributed by atoms with van der Waals surface area (Å²) >= 11 is 1.13. The number of nitrogens with zero attached hydrogens (tertiary/aromatic N) is 2. The molecule has 1 aromatic heterocycles. The van der Waals surface area contributed by atoms with Gasteiger partial charge in [0, 0.05) is 51.4 Å². The summed E-state index contributed by atoms with van der Waals surface area (Å²) in [5.41, 5.74) is -1.13. The second kappa shape index (κ2) is 18.5. The Bertz CT molecular complexity index is 1670. The predicted molar refractivity (Wildman–Crippen MR) is 211 cm³/mol. The Labute approximate surface area is 326 Å². The minimum Gasteiger partial charge on any atom is -0.334 e. The van der Waals surface area contributed by atoms with Crippen LogP contribution in [0, 0.1) is 40.9 Å². The van der Waals surface area contributed by atoms with Gasteiger partial charge in [0.2, 0.25) is 11.7 Å². The zero-order chi connectivity index (χ0) is 39.8. The number of fused-ring (bicyclic) bond motifs is 1. The number of likely N-dealkylation sites (tertiary alicyclic amines) is 1. The summed E-state index contributed by atoms with van der Waals surface area (Å²) in [6.45, 7) is 11.8. The SMILES string of the molecule is C#CCCC(CC(=O)[C@@H]1[C@H]2CCC[C@H]2CN1C(=O)[C@@H](NC(=O)N[C@H](CN(C)S(=O)(=O)c1cccs1)C(C)(C)C)C1(C)CCCCC1)C(=O)C(=O)CCC=C. The highest BCUT2D eigenvalue weighted by Crippen LogP contribution is 2.46. The molecular formula is C41H60N4O7S2. The number of nitrogens with one attached hydrogen (secondary N) is 2. The summed E-state index contributed by atoms with van der Waals surface area (Å²) in [5.74, 6) is -0.00187. The number of rotatable bonds is 18. The maximum atomic E-state index is 15.0. The van der Waals surface area contributed by atoms with E-state index in [0.717, 1.165) is 49.9 Å². The van der Waals surface area contributed by atoms with Crippen molar-refractivity contribution >= 4 is 50.6 Å². The number of allylic oxidation sites excluding steroid dienone is 1. The van der Waals surface area contributed by atoms with Crippen LogP contribution in [0.15, 0.2) is 34.4 Å². The molecule has 2 N–H and O–H groups in total. The van der Waals surface area contributed by atoms with Gasteiger partial charge >= 0.3 is 6.03 Å². The van der Waals surface area contributed by atoms with E-state index in [-0.39, 0.29) is 60.0 Å². The molecule has 6 atom stereocenters. The van der Waals surface area contributed by atoms with Crippen molar-refractivity contribution in [2.24, 2.45) is 28.6 Å². The van der Waals surface area contributed by atoms with E-state index in [1.807, 2.05) is 27.7 Å². The van der Waals surface area contributed by atoms with Gasteiger partial charge in [0.1, 0.15) is 10.3 Å². The van der Waals surface area contributed by atoms with Gasteiger partial charge in [-0.25, -0.2) is 13.2 Å². The molecule has 3 fully saturated rings. The molecule has 2 heterocycles. The number of carbonyl (C=O) groups is 5. The third-order valence-corrected chi connectivity index (χ3v) is 15.2. The van der Waals surface area contributed by atoms with Crippen LogP contribution in [0.2, 0.25) is 0 Å². The molecule has 2 saturated carbocycles. The van der Waals surface area contributed by atoms with Crippen molar-refractivity contribution in [2.45, 2.75) is 134 Å². The molecule has 3 aliphatic rings. The van der Waals surface area contributed by atoms with Crippen molar-refractivity contribution in [3.8, 4) is 12.3 Å². The van der Waals surface area contributed by atoms with Crippen molar-refractivity contribution < 1.29 is 32.4 Å². The normalized spacial score (nSPS) is 22.8. The molecule has 2 aliphatic carbocycles. The quantitative estimate of drug-likeness (QED) is 0.103. The van der Waals surface area contributed by atoms with Crippen LogP contribution in [0.1, 0.15) is 111 Å². The molecule has 0 spiro atoms. The van der Waals surface area contributed by atoms with Crippen molar-refractivity contribution in [1.29, 1.82) is 0 Å². The second-order valence-corrected chi connectivity index (χ2v) is 20.1. The lowest BCUT2D eigenvalue weighted by Crippen LogP contribution is -2.62. The van der Waals surface area contributed by atoms with Crippen LogP contribution in [0.3, 0.4) is 0 Å². The molecule has 0 bridgehead atoms. The lowest BCUT2D eigenvalue weighted by molar-refractivity contribution is -0.144. The summed E-state index contributed by atoms with van der Waals surface area (Å²) in [4.78, 5) is 71.1. The van der Waals surface area contributed by atoms with E-state index in [1.165, 1.54) is 11.4 Å². The predicted octanol–water partition coefficient (Wildman–Crippen LogP) is 6.14. The van der Waals surface area contributed by atoms with Gasteiger partial charge in [0.15, 0.2) is 11.6 Å². The highest BCUT2D eigenvalue weighted by atomic mass is 32.2. The molecule has 1 saturated heterocycles. The molecular weight excluding hydrogens is 725 g/mol. The maximum absolute atomic E-state index is 15.0. The van der Waals surface area contributed by atoms with Gasteiger partial charge in [-0.3, -0.25) is 19.2 Å². The smallest absolute Gasteiger partial charge is 0.315 e. The van der Waals surface area contributed by atoms with Crippen molar-refractivity contribution in [3.63, 3.8) is 0 Å². The summed E-state index contributed by atoms with van der Waals surface area (Å²) in [5, 5.41) is 7.76. The Morgan fingerprint density at radius 2 is 1.83 bits per heavy atom. The molecule has 0 radical (unpaired) electrons. The van der Waals surface area contributed by atoms with Gasteiger partial charge in [-0.15, -0.1) is 30.3 Å². The fraction of sp³-hybridized carbons (Fsp3) is 0.683. The number of Topliss-reactive ketones (excluding diaryl/α,β-unsaturated/α-hetero) is 3. The topological polar surface area (TPSA) is 150 Å². The van der Waals surface area contributed by atoms with Gasteiger partial charge in [0.25, 0.3) is 10.0 Å². The van der Waals surface area contributed by atoms with Gasteiger partial charge < -0.3 is 15.5 Å². The highest BCUT2D eigenvalue weighted by Gasteiger charge is 2.53. The van der Waals surface area contributed by atoms with Crippen molar-refractivity contribution in [2.75, 3.05) is 20.1 Å². The number of terminal acetylenes is 1. The Hall–Kier alpha value is -3.34. The monoisotopic (exact) mass is 784 g/mol. The molecule has 1 aliphatic heterocycles. The molecule has 4 rings (SSSR count). The number of amides is 3. The minimum atomic E-state index is -3.78. The molecule has 0 aromatic carbocycles. The number of carbonyl (C=O) groups excluding carboxylic acids is 5. The second-order valence-electron chi connectivity index (χ2n) is 16.9. The molecule has 3 amide bonds. The minimum absolute atomic E-state index is 0.00868. The number of urea groups is 1. The van der Waals surface area contributed by atoms with E-state index >= 15 is 0 Å². The number of hydrogen-bond donors (Lipinski definition) is 2. The fourth-order valence-corrected chi connectivity index (χ4v) is 11.0. The number of ketones is 3. The zero-order valence-electron chi connectivity index (χ0n) is 32.7. The highest BCUT2D eigenvalue weighted by molar-refractivity contribution is 7.91. The number of likely N-dealkylation sites (N-methyl/N-ethyl adjacent to an activating group) is 1. The maximum Gasteiger partial charge on any atom is 0.315 e. The lowest BCUT2D eigenvalue weighted by Gasteiger charge is -2.43. The van der Waals surface area contributed by atoms with Crippen molar-refractivity contribution in [1.82, 2.24) is 19.8 Å². The number of hydrogen-bond acceptors (Lipinski definition) is 8. The van der Waals surface area contributed by atoms with Gasteiger partial charge in [-0.2, -0.15) is 4.31 Å². The standard InChI is InChI=1S/C41H60N4O7S2/c1-8-10-17-28(36(48)31(46)20-11-9-2)25-32(47)35-30-19-15-18-29(30)26-45(35)38(49)37(41(6)22-13-12-14-23-41)43-39(50)42-33(40(3,4)5)27-44(7)54(51,52)34-21-16-24-53-34/h1,9,16,21,24,28-30,33,35,37H,2,10-15,17-20,22-23,25-27H2,3-7H3,(H2,42,43,50)/t28?,29-,30-,33+,35-,37+/m0/s1. The third-order valence-electron chi connectivity index (χ3n) is 12.0. The summed E-state index contributed by atoms with van der Waals surface area (Å²) < 4.78 is 28.0. The first-order chi connectivity index (χ1) is 25.4. The Morgan fingerprint density at radius 1 is 1.13 bits per heavy atom. The number of thiophene rings is 1. The van der Waals surface area contributed by atoms with Crippen molar-refractivity contribution in [3.05, 3.63) is 30.2 Å². The van der Waals surface area contributed by atoms with Crippen LogP contribution >= 0.6 is 11.3 Å². The summed E-state index contributed by atoms with van der Waals surface area (Å²) in [6, 6.07) is 0.318. The average Bonchev–Trinajstić information content (AvgIpc) is 3.89. The molecule has 1 unspecified atom stereocenters. The van der Waals surface area contributed by atoms with E-state index in [4.69, 9.17) is 6.42 Å². The summed E-state index contributed by atoms with van der Waals surface area (Å²) in [7, 11) is -2.29. The number of sulfonamides is 1. The van der Waals surface area contributed by atoms with Gasteiger partial charge in [-0.05, 0) is 72.6 Å². The van der Waals surface area contributed by atoms with E-state index in [1.54, 1.807) is 28.5 Å². The summed E-state index contributed by atoms with van der Waals surface area (Å²) in [6.07, 6.45) is 14.6.